The normalized spacial score (nSPS) is 15.2. The highest BCUT2D eigenvalue weighted by molar-refractivity contribution is 5.79. The van der Waals surface area contributed by atoms with E-state index < -0.39 is 11.7 Å². The summed E-state index contributed by atoms with van der Waals surface area (Å²) < 4.78 is 39.6. The fourth-order valence-corrected chi connectivity index (χ4v) is 3.29. The van der Waals surface area contributed by atoms with Crippen LogP contribution in [0.15, 0.2) is 48.5 Å². The summed E-state index contributed by atoms with van der Waals surface area (Å²) in [6, 6.07) is 13.4. The molecule has 0 N–H and O–H groups in total. The molecule has 138 valence electrons. The Morgan fingerprint density at radius 1 is 1.00 bits per heavy atom. The molecule has 0 aliphatic carbocycles. The van der Waals surface area contributed by atoms with Crippen LogP contribution >= 0.6 is 0 Å². The molecule has 1 heterocycles. The molecule has 0 atom stereocenters. The molecule has 0 saturated carbocycles. The van der Waals surface area contributed by atoms with Crippen molar-refractivity contribution in [3.05, 3.63) is 65.2 Å². The van der Waals surface area contributed by atoms with Crippen LogP contribution in [0, 0.1) is 6.92 Å². The standard InChI is InChI=1S/C20H21F3N2O/c1-15-5-4-6-16(13-15)14-19(26)25-11-9-24(10-12-25)18-8-3-2-7-17(18)20(21,22)23/h2-8,13H,9-12,14H2,1H3. The number of hydrogen-bond acceptors (Lipinski definition) is 2. The van der Waals surface area contributed by atoms with Crippen molar-refractivity contribution in [1.29, 1.82) is 0 Å². The minimum absolute atomic E-state index is 0.0133. The van der Waals surface area contributed by atoms with Crippen LogP contribution in [0.2, 0.25) is 0 Å². The predicted molar refractivity (Wildman–Crippen MR) is 95.1 cm³/mol. The number of piperazine rings is 1. The van der Waals surface area contributed by atoms with Gasteiger partial charge < -0.3 is 9.80 Å². The van der Waals surface area contributed by atoms with E-state index in [1.165, 1.54) is 12.1 Å². The number of para-hydroxylation sites is 1. The molecule has 2 aromatic rings. The summed E-state index contributed by atoms with van der Waals surface area (Å²) >= 11 is 0. The van der Waals surface area contributed by atoms with Crippen LogP contribution in [-0.2, 0) is 17.4 Å². The van der Waals surface area contributed by atoms with E-state index in [1.807, 2.05) is 31.2 Å². The lowest BCUT2D eigenvalue weighted by molar-refractivity contribution is -0.137. The van der Waals surface area contributed by atoms with E-state index in [0.29, 0.717) is 32.6 Å². The van der Waals surface area contributed by atoms with Gasteiger partial charge in [0.1, 0.15) is 0 Å². The predicted octanol–water partition coefficient (Wildman–Crippen LogP) is 3.91. The summed E-state index contributed by atoms with van der Waals surface area (Å²) in [5, 5.41) is 0. The second-order valence-corrected chi connectivity index (χ2v) is 6.55. The van der Waals surface area contributed by atoms with Gasteiger partial charge in [0.15, 0.2) is 0 Å². The Bertz CT molecular complexity index is 781. The van der Waals surface area contributed by atoms with Crippen LogP contribution < -0.4 is 4.90 Å². The second-order valence-electron chi connectivity index (χ2n) is 6.55. The molecule has 1 aliphatic rings. The lowest BCUT2D eigenvalue weighted by Gasteiger charge is -2.37. The summed E-state index contributed by atoms with van der Waals surface area (Å²) in [4.78, 5) is 15.9. The molecule has 2 aromatic carbocycles. The molecule has 1 fully saturated rings. The highest BCUT2D eigenvalue weighted by atomic mass is 19.4. The molecule has 26 heavy (non-hydrogen) atoms. The first kappa shape index (κ1) is 18.3. The molecule has 1 saturated heterocycles. The molecule has 1 amide bonds. The number of benzene rings is 2. The van der Waals surface area contributed by atoms with Crippen LogP contribution in [0.3, 0.4) is 0 Å². The number of alkyl halides is 3. The van der Waals surface area contributed by atoms with E-state index >= 15 is 0 Å². The third-order valence-corrected chi connectivity index (χ3v) is 4.62. The number of hydrogen-bond donors (Lipinski definition) is 0. The van der Waals surface area contributed by atoms with Gasteiger partial charge in [-0.15, -0.1) is 0 Å². The molecule has 3 nitrogen and oxygen atoms in total. The topological polar surface area (TPSA) is 23.6 Å². The van der Waals surface area contributed by atoms with E-state index in [1.54, 1.807) is 15.9 Å². The first-order valence-electron chi connectivity index (χ1n) is 8.59. The summed E-state index contributed by atoms with van der Waals surface area (Å²) in [6.45, 7) is 3.62. The zero-order valence-electron chi connectivity index (χ0n) is 14.6. The van der Waals surface area contributed by atoms with Crippen LogP contribution in [0.5, 0.6) is 0 Å². The van der Waals surface area contributed by atoms with E-state index in [2.05, 4.69) is 0 Å². The van der Waals surface area contributed by atoms with Crippen molar-refractivity contribution >= 4 is 11.6 Å². The van der Waals surface area contributed by atoms with Gasteiger partial charge in [0.25, 0.3) is 0 Å². The van der Waals surface area contributed by atoms with E-state index in [0.717, 1.165) is 17.2 Å². The number of amides is 1. The number of halogens is 3. The number of rotatable bonds is 3. The SMILES string of the molecule is Cc1cccc(CC(=O)N2CCN(c3ccccc3C(F)(F)F)CC2)c1. The third kappa shape index (κ3) is 4.18. The van der Waals surface area contributed by atoms with Crippen LogP contribution in [0.25, 0.3) is 0 Å². The summed E-state index contributed by atoms with van der Waals surface area (Å²) in [7, 11) is 0. The molecule has 0 radical (unpaired) electrons. The molecular weight excluding hydrogens is 341 g/mol. The van der Waals surface area contributed by atoms with Gasteiger partial charge >= 0.3 is 6.18 Å². The Labute approximate surface area is 151 Å². The number of carbonyl (C=O) groups excluding carboxylic acids is 1. The average Bonchev–Trinajstić information content (AvgIpc) is 2.61. The minimum atomic E-state index is -4.38. The average molecular weight is 362 g/mol. The Morgan fingerprint density at radius 3 is 2.35 bits per heavy atom. The van der Waals surface area contributed by atoms with Gasteiger partial charge in [-0.2, -0.15) is 13.2 Å². The molecule has 1 aliphatic heterocycles. The number of carbonyl (C=O) groups is 1. The molecule has 0 spiro atoms. The second kappa shape index (κ2) is 7.40. The van der Waals surface area contributed by atoms with Crippen molar-refractivity contribution in [1.82, 2.24) is 4.90 Å². The van der Waals surface area contributed by atoms with Gasteiger partial charge in [-0.3, -0.25) is 4.79 Å². The fraction of sp³-hybridized carbons (Fsp3) is 0.350. The third-order valence-electron chi connectivity index (χ3n) is 4.62. The van der Waals surface area contributed by atoms with Gasteiger partial charge in [0.05, 0.1) is 12.0 Å². The van der Waals surface area contributed by atoms with Crippen molar-refractivity contribution < 1.29 is 18.0 Å². The zero-order chi connectivity index (χ0) is 18.7. The van der Waals surface area contributed by atoms with Gasteiger partial charge in [-0.25, -0.2) is 0 Å². The number of nitrogens with zero attached hydrogens (tertiary/aromatic N) is 2. The molecule has 0 aromatic heterocycles. The monoisotopic (exact) mass is 362 g/mol. The largest absolute Gasteiger partial charge is 0.418 e. The number of anilines is 1. The lowest BCUT2D eigenvalue weighted by atomic mass is 10.1. The highest BCUT2D eigenvalue weighted by Gasteiger charge is 2.35. The Hall–Kier alpha value is -2.50. The van der Waals surface area contributed by atoms with Gasteiger partial charge in [-0.1, -0.05) is 42.0 Å². The van der Waals surface area contributed by atoms with E-state index in [4.69, 9.17) is 0 Å². The highest BCUT2D eigenvalue weighted by Crippen LogP contribution is 2.36. The van der Waals surface area contributed by atoms with Crippen molar-refractivity contribution in [2.75, 3.05) is 31.1 Å². The van der Waals surface area contributed by atoms with Gasteiger partial charge in [0, 0.05) is 31.9 Å². The Morgan fingerprint density at radius 2 is 1.69 bits per heavy atom. The van der Waals surface area contributed by atoms with Crippen molar-refractivity contribution in [3.8, 4) is 0 Å². The summed E-state index contributed by atoms with van der Waals surface area (Å²) in [6.07, 6.45) is -4.06. The van der Waals surface area contributed by atoms with Crippen molar-refractivity contribution in [2.24, 2.45) is 0 Å². The van der Waals surface area contributed by atoms with E-state index in [9.17, 15) is 18.0 Å². The fourth-order valence-electron chi connectivity index (χ4n) is 3.29. The maximum absolute atomic E-state index is 13.2. The van der Waals surface area contributed by atoms with Crippen molar-refractivity contribution in [2.45, 2.75) is 19.5 Å². The molecule has 6 heteroatoms. The lowest BCUT2D eigenvalue weighted by Crippen LogP contribution is -2.49. The van der Waals surface area contributed by atoms with Gasteiger partial charge in [-0.05, 0) is 24.6 Å². The van der Waals surface area contributed by atoms with Crippen LogP contribution in [0.4, 0.5) is 18.9 Å². The maximum Gasteiger partial charge on any atom is 0.418 e. The Kier molecular flexibility index (Phi) is 5.20. The van der Waals surface area contributed by atoms with E-state index in [-0.39, 0.29) is 11.6 Å². The minimum Gasteiger partial charge on any atom is -0.367 e. The maximum atomic E-state index is 13.2. The quantitative estimate of drug-likeness (QED) is 0.827. The van der Waals surface area contributed by atoms with Gasteiger partial charge in [0.2, 0.25) is 5.91 Å². The smallest absolute Gasteiger partial charge is 0.367 e. The van der Waals surface area contributed by atoms with Crippen LogP contribution in [-0.4, -0.2) is 37.0 Å². The number of aryl methyl sites for hydroxylation is 1. The molecule has 0 bridgehead atoms. The van der Waals surface area contributed by atoms with Crippen molar-refractivity contribution in [3.63, 3.8) is 0 Å². The van der Waals surface area contributed by atoms with Crippen LogP contribution in [0.1, 0.15) is 16.7 Å². The first-order chi connectivity index (χ1) is 12.3. The zero-order valence-corrected chi connectivity index (χ0v) is 14.6. The summed E-state index contributed by atoms with van der Waals surface area (Å²) in [5.74, 6) is 0.0133. The molecule has 0 unspecified atom stereocenters. The molecule has 3 rings (SSSR count). The first-order valence-corrected chi connectivity index (χ1v) is 8.59. The molecular formula is C20H21F3N2O. The Balaban J connectivity index is 1.64. The summed E-state index contributed by atoms with van der Waals surface area (Å²) in [5.41, 5.74) is 1.62.